The molecule has 0 fully saturated rings. The highest BCUT2D eigenvalue weighted by molar-refractivity contribution is 6.30. The molecule has 7 heteroatoms. The minimum absolute atomic E-state index is 0.0168. The quantitative estimate of drug-likeness (QED) is 0.747. The van der Waals surface area contributed by atoms with Crippen LogP contribution in [0.25, 0.3) is 0 Å². The van der Waals surface area contributed by atoms with Crippen molar-refractivity contribution in [3.8, 4) is 11.5 Å². The van der Waals surface area contributed by atoms with Gasteiger partial charge in [0, 0.05) is 22.8 Å². The predicted molar refractivity (Wildman–Crippen MR) is 93.0 cm³/mol. The van der Waals surface area contributed by atoms with Crippen LogP contribution in [-0.2, 0) is 0 Å². The van der Waals surface area contributed by atoms with E-state index in [9.17, 15) is 9.90 Å². The van der Waals surface area contributed by atoms with Gasteiger partial charge >= 0.3 is 6.03 Å². The van der Waals surface area contributed by atoms with Gasteiger partial charge in [-0.2, -0.15) is 0 Å². The van der Waals surface area contributed by atoms with E-state index in [0.29, 0.717) is 27.8 Å². The lowest BCUT2D eigenvalue weighted by molar-refractivity contribution is 0.170. The summed E-state index contributed by atoms with van der Waals surface area (Å²) in [7, 11) is 3.05. The van der Waals surface area contributed by atoms with Gasteiger partial charge in [0.25, 0.3) is 0 Å². The zero-order valence-electron chi connectivity index (χ0n) is 13.4. The Morgan fingerprint density at radius 2 is 1.88 bits per heavy atom. The Morgan fingerprint density at radius 1 is 1.17 bits per heavy atom. The van der Waals surface area contributed by atoms with Crippen LogP contribution in [0.3, 0.4) is 0 Å². The normalized spacial score (nSPS) is 11.5. The van der Waals surface area contributed by atoms with E-state index in [1.54, 1.807) is 42.5 Å². The number of aliphatic hydroxyl groups excluding tert-OH is 1. The van der Waals surface area contributed by atoms with Gasteiger partial charge in [-0.3, -0.25) is 0 Å². The lowest BCUT2D eigenvalue weighted by Crippen LogP contribution is -2.32. The molecular formula is C17H19ClN2O4. The van der Waals surface area contributed by atoms with E-state index < -0.39 is 12.1 Å². The lowest BCUT2D eigenvalue weighted by atomic mass is 10.1. The van der Waals surface area contributed by atoms with Crippen molar-refractivity contribution in [3.63, 3.8) is 0 Å². The molecule has 0 spiro atoms. The molecule has 2 aromatic rings. The first-order valence-corrected chi connectivity index (χ1v) is 7.61. The summed E-state index contributed by atoms with van der Waals surface area (Å²) in [6.07, 6.45) is -0.939. The maximum absolute atomic E-state index is 11.9. The van der Waals surface area contributed by atoms with Crippen LogP contribution in [0.5, 0.6) is 11.5 Å². The number of methoxy groups -OCH3 is 2. The van der Waals surface area contributed by atoms with Crippen LogP contribution in [0, 0.1) is 0 Å². The van der Waals surface area contributed by atoms with Crippen LogP contribution in [0.1, 0.15) is 11.7 Å². The van der Waals surface area contributed by atoms with Crippen molar-refractivity contribution >= 4 is 23.3 Å². The van der Waals surface area contributed by atoms with Crippen LogP contribution in [0.2, 0.25) is 5.02 Å². The second-order valence-electron chi connectivity index (χ2n) is 4.97. The molecule has 0 aliphatic carbocycles. The number of hydrogen-bond acceptors (Lipinski definition) is 4. The number of amides is 2. The number of halogens is 1. The predicted octanol–water partition coefficient (Wildman–Crippen LogP) is 3.21. The van der Waals surface area contributed by atoms with Gasteiger partial charge in [-0.15, -0.1) is 0 Å². The summed E-state index contributed by atoms with van der Waals surface area (Å²) in [5, 5.41) is 16.1. The minimum Gasteiger partial charge on any atom is -0.497 e. The summed E-state index contributed by atoms with van der Waals surface area (Å²) in [4.78, 5) is 11.9. The fraction of sp³-hybridized carbons (Fsp3) is 0.235. The van der Waals surface area contributed by atoms with Crippen LogP contribution in [0.15, 0.2) is 42.5 Å². The van der Waals surface area contributed by atoms with E-state index in [-0.39, 0.29) is 6.54 Å². The number of anilines is 1. The number of carbonyl (C=O) groups excluding carboxylic acids is 1. The highest BCUT2D eigenvalue weighted by Gasteiger charge is 2.15. The van der Waals surface area contributed by atoms with Gasteiger partial charge in [0.2, 0.25) is 0 Å². The molecule has 0 saturated heterocycles. The third kappa shape index (κ3) is 4.78. The first kappa shape index (κ1) is 17.9. The second-order valence-corrected chi connectivity index (χ2v) is 5.40. The van der Waals surface area contributed by atoms with Crippen LogP contribution < -0.4 is 20.1 Å². The molecular weight excluding hydrogens is 332 g/mol. The van der Waals surface area contributed by atoms with Crippen LogP contribution in [-0.4, -0.2) is 31.9 Å². The average Bonchev–Trinajstić information content (AvgIpc) is 2.61. The van der Waals surface area contributed by atoms with E-state index in [0.717, 1.165) is 0 Å². The Labute approximate surface area is 145 Å². The molecule has 24 heavy (non-hydrogen) atoms. The molecule has 128 valence electrons. The van der Waals surface area contributed by atoms with Crippen molar-refractivity contribution in [2.75, 3.05) is 26.1 Å². The van der Waals surface area contributed by atoms with Gasteiger partial charge in [0.05, 0.1) is 14.2 Å². The SMILES string of the molecule is COc1ccc(OC)c([C@@H](O)CNC(=O)Nc2ccc(Cl)cc2)c1. The molecule has 2 rings (SSSR count). The van der Waals surface area contributed by atoms with Crippen LogP contribution in [0.4, 0.5) is 10.5 Å². The number of nitrogens with one attached hydrogen (secondary N) is 2. The molecule has 6 nitrogen and oxygen atoms in total. The molecule has 0 aromatic heterocycles. The fourth-order valence-electron chi connectivity index (χ4n) is 2.11. The van der Waals surface area contributed by atoms with E-state index >= 15 is 0 Å². The number of rotatable bonds is 6. The summed E-state index contributed by atoms with van der Waals surface area (Å²) in [6, 6.07) is 11.4. The summed E-state index contributed by atoms with van der Waals surface area (Å²) >= 11 is 5.79. The molecule has 0 saturated carbocycles. The number of ether oxygens (including phenoxy) is 2. The second kappa shape index (κ2) is 8.42. The summed E-state index contributed by atoms with van der Waals surface area (Å²) in [5.74, 6) is 1.11. The van der Waals surface area contributed by atoms with E-state index in [4.69, 9.17) is 21.1 Å². The first-order valence-electron chi connectivity index (χ1n) is 7.24. The Morgan fingerprint density at radius 3 is 2.50 bits per heavy atom. The monoisotopic (exact) mass is 350 g/mol. The van der Waals surface area contributed by atoms with Crippen molar-refractivity contribution in [3.05, 3.63) is 53.1 Å². The van der Waals surface area contributed by atoms with Gasteiger partial charge < -0.3 is 25.2 Å². The highest BCUT2D eigenvalue weighted by atomic mass is 35.5. The summed E-state index contributed by atoms with van der Waals surface area (Å²) < 4.78 is 10.4. The maximum Gasteiger partial charge on any atom is 0.319 e. The first-order chi connectivity index (χ1) is 11.5. The number of urea groups is 1. The maximum atomic E-state index is 11.9. The van der Waals surface area contributed by atoms with Crippen molar-refractivity contribution in [1.82, 2.24) is 5.32 Å². The standard InChI is InChI=1S/C17H19ClN2O4/c1-23-13-7-8-16(24-2)14(9-13)15(21)10-19-17(22)20-12-5-3-11(18)4-6-12/h3-9,15,21H,10H2,1-2H3,(H2,19,20,22)/t15-/m0/s1. The minimum atomic E-state index is -0.939. The van der Waals surface area contributed by atoms with E-state index in [2.05, 4.69) is 10.6 Å². The topological polar surface area (TPSA) is 79.8 Å². The van der Waals surface area contributed by atoms with Gasteiger partial charge in [-0.25, -0.2) is 4.79 Å². The highest BCUT2D eigenvalue weighted by Crippen LogP contribution is 2.29. The Bertz CT molecular complexity index is 691. The molecule has 0 radical (unpaired) electrons. The van der Waals surface area contributed by atoms with Crippen molar-refractivity contribution in [1.29, 1.82) is 0 Å². The largest absolute Gasteiger partial charge is 0.497 e. The van der Waals surface area contributed by atoms with E-state index in [1.807, 2.05) is 0 Å². The van der Waals surface area contributed by atoms with Crippen molar-refractivity contribution in [2.24, 2.45) is 0 Å². The smallest absolute Gasteiger partial charge is 0.319 e. The molecule has 3 N–H and O–H groups in total. The van der Waals surface area contributed by atoms with Gasteiger partial charge in [-0.1, -0.05) is 11.6 Å². The van der Waals surface area contributed by atoms with Crippen molar-refractivity contribution in [2.45, 2.75) is 6.10 Å². The van der Waals surface area contributed by atoms with Gasteiger partial charge in [-0.05, 0) is 42.5 Å². The molecule has 2 amide bonds. The molecule has 0 heterocycles. The number of benzene rings is 2. The number of hydrogen-bond donors (Lipinski definition) is 3. The summed E-state index contributed by atoms with van der Waals surface area (Å²) in [6.45, 7) is 0.0168. The lowest BCUT2D eigenvalue weighted by Gasteiger charge is -2.17. The zero-order valence-corrected chi connectivity index (χ0v) is 14.1. The van der Waals surface area contributed by atoms with Gasteiger partial charge in [0.1, 0.15) is 17.6 Å². The molecule has 0 bridgehead atoms. The summed E-state index contributed by atoms with van der Waals surface area (Å²) in [5.41, 5.74) is 1.13. The zero-order chi connectivity index (χ0) is 17.5. The third-order valence-corrected chi connectivity index (χ3v) is 3.61. The Hall–Kier alpha value is -2.44. The third-order valence-electron chi connectivity index (χ3n) is 3.35. The Balaban J connectivity index is 1.95. The molecule has 1 atom stereocenters. The fourth-order valence-corrected chi connectivity index (χ4v) is 2.23. The van der Waals surface area contributed by atoms with Crippen molar-refractivity contribution < 1.29 is 19.4 Å². The Kier molecular flexibility index (Phi) is 6.28. The number of carbonyl (C=O) groups is 1. The molecule has 0 aliphatic heterocycles. The molecule has 0 aliphatic rings. The molecule has 0 unspecified atom stereocenters. The van der Waals surface area contributed by atoms with E-state index in [1.165, 1.54) is 14.2 Å². The molecule has 2 aromatic carbocycles. The average molecular weight is 351 g/mol. The number of aliphatic hydroxyl groups is 1. The van der Waals surface area contributed by atoms with Crippen LogP contribution >= 0.6 is 11.6 Å². The van der Waals surface area contributed by atoms with Gasteiger partial charge in [0.15, 0.2) is 0 Å².